The van der Waals surface area contributed by atoms with Gasteiger partial charge in [0, 0.05) is 19.3 Å². The fourth-order valence-corrected chi connectivity index (χ4v) is 6.69. The molecule has 0 spiro atoms. The summed E-state index contributed by atoms with van der Waals surface area (Å²) < 4.78 is 17.2. The number of hydrogen-bond acceptors (Lipinski definition) is 7. The number of ether oxygens (including phenoxy) is 3. The second kappa shape index (κ2) is 41.8. The van der Waals surface area contributed by atoms with Crippen LogP contribution in [0.15, 0.2) is 60.8 Å². The summed E-state index contributed by atoms with van der Waals surface area (Å²) in [5.74, 6) is -1.77. The van der Waals surface area contributed by atoms with Gasteiger partial charge in [0.15, 0.2) is 6.10 Å². The van der Waals surface area contributed by atoms with Crippen molar-refractivity contribution in [2.75, 3.05) is 41.0 Å². The number of nitrogens with zero attached hydrogens (tertiary/aromatic N) is 1. The third-order valence-electron chi connectivity index (χ3n) is 10.4. The van der Waals surface area contributed by atoms with E-state index in [0.717, 1.165) is 77.0 Å². The lowest BCUT2D eigenvalue weighted by Crippen LogP contribution is -2.55. The zero-order chi connectivity index (χ0) is 43.5. The largest absolute Gasteiger partial charge is 0.544 e. The van der Waals surface area contributed by atoms with Crippen LogP contribution in [0.25, 0.3) is 0 Å². The van der Waals surface area contributed by atoms with Gasteiger partial charge < -0.3 is 28.6 Å². The van der Waals surface area contributed by atoms with Crippen LogP contribution in [0.4, 0.5) is 0 Å². The number of rotatable bonds is 42. The van der Waals surface area contributed by atoms with Crippen LogP contribution >= 0.6 is 0 Å². The number of likely N-dealkylation sites (N-methyl/N-ethyl adjacent to an activating group) is 1. The summed E-state index contributed by atoms with van der Waals surface area (Å²) in [7, 11) is 5.40. The normalized spacial score (nSPS) is 13.4. The Labute approximate surface area is 362 Å². The highest BCUT2D eigenvalue weighted by molar-refractivity contribution is 5.70. The van der Waals surface area contributed by atoms with Crippen molar-refractivity contribution >= 4 is 17.9 Å². The number of carboxylic acids is 1. The van der Waals surface area contributed by atoms with Crippen LogP contribution < -0.4 is 5.11 Å². The average molecular weight is 828 g/mol. The maximum absolute atomic E-state index is 12.7. The molecule has 59 heavy (non-hydrogen) atoms. The van der Waals surface area contributed by atoms with Crippen molar-refractivity contribution < 1.29 is 38.2 Å². The SMILES string of the molecule is CCCCC/C=C/C/C=C/CCCCCCCCCC(=O)OC(COCCC(C(=O)[O-])[N+](C)(C)C)COC(=O)CCCCCCC/C=C/C=C/C=C/CCCCCCC. The molecule has 0 aliphatic rings. The molecule has 0 aliphatic carbocycles. The van der Waals surface area contributed by atoms with Crippen molar-refractivity contribution in [1.82, 2.24) is 0 Å². The fourth-order valence-electron chi connectivity index (χ4n) is 6.69. The van der Waals surface area contributed by atoms with Crippen molar-refractivity contribution in [2.24, 2.45) is 0 Å². The Morgan fingerprint density at radius 1 is 0.525 bits per heavy atom. The average Bonchev–Trinajstić information content (AvgIpc) is 3.19. The van der Waals surface area contributed by atoms with Gasteiger partial charge in [0.25, 0.3) is 0 Å². The molecule has 0 aromatic heterocycles. The van der Waals surface area contributed by atoms with Gasteiger partial charge in [-0.3, -0.25) is 9.59 Å². The predicted molar refractivity (Wildman–Crippen MR) is 245 cm³/mol. The number of carboxylic acid groups (broad SMARTS) is 1. The van der Waals surface area contributed by atoms with Gasteiger partial charge >= 0.3 is 11.9 Å². The summed E-state index contributed by atoms with van der Waals surface area (Å²) in [5.41, 5.74) is 0. The summed E-state index contributed by atoms with van der Waals surface area (Å²) in [6, 6.07) is -0.733. The molecule has 0 heterocycles. The van der Waals surface area contributed by atoms with Crippen LogP contribution in [0.1, 0.15) is 194 Å². The highest BCUT2D eigenvalue weighted by atomic mass is 16.6. The Morgan fingerprint density at radius 2 is 0.966 bits per heavy atom. The lowest BCUT2D eigenvalue weighted by Gasteiger charge is -2.34. The zero-order valence-electron chi connectivity index (χ0n) is 38.7. The van der Waals surface area contributed by atoms with E-state index in [2.05, 4.69) is 74.6 Å². The van der Waals surface area contributed by atoms with Crippen molar-refractivity contribution in [2.45, 2.75) is 206 Å². The highest BCUT2D eigenvalue weighted by Crippen LogP contribution is 2.13. The second-order valence-electron chi connectivity index (χ2n) is 17.0. The minimum absolute atomic E-state index is 0.0288. The van der Waals surface area contributed by atoms with E-state index in [1.54, 1.807) is 21.1 Å². The number of carbonyl (C=O) groups is 3. The molecule has 2 unspecified atom stereocenters. The number of aliphatic carboxylic acids is 1. The van der Waals surface area contributed by atoms with Gasteiger partial charge in [0.1, 0.15) is 12.6 Å². The summed E-state index contributed by atoms with van der Waals surface area (Å²) in [4.78, 5) is 36.9. The Bertz CT molecular complexity index is 1150. The van der Waals surface area contributed by atoms with Gasteiger partial charge in [-0.2, -0.15) is 0 Å². The Kier molecular flexibility index (Phi) is 39.6. The summed E-state index contributed by atoms with van der Waals surface area (Å²) in [5, 5.41) is 11.6. The number of allylic oxidation sites excluding steroid dienone is 10. The smallest absolute Gasteiger partial charge is 0.306 e. The highest BCUT2D eigenvalue weighted by Gasteiger charge is 2.25. The predicted octanol–water partition coefficient (Wildman–Crippen LogP) is 12.0. The molecule has 0 amide bonds. The molecule has 0 aromatic carbocycles. The van der Waals surface area contributed by atoms with Crippen molar-refractivity contribution in [3.63, 3.8) is 0 Å². The van der Waals surface area contributed by atoms with E-state index in [4.69, 9.17) is 14.2 Å². The number of esters is 2. The number of hydrogen-bond donors (Lipinski definition) is 0. The molecule has 0 aliphatic heterocycles. The minimum atomic E-state index is -1.13. The van der Waals surface area contributed by atoms with Gasteiger partial charge in [-0.25, -0.2) is 0 Å². The van der Waals surface area contributed by atoms with Gasteiger partial charge in [-0.1, -0.05) is 164 Å². The number of quaternary nitrogens is 1. The zero-order valence-corrected chi connectivity index (χ0v) is 38.7. The summed E-state index contributed by atoms with van der Waals surface area (Å²) in [6.45, 7) is 4.59. The first-order valence-electron chi connectivity index (χ1n) is 23.8. The molecule has 8 heteroatoms. The molecular formula is C51H89NO7. The van der Waals surface area contributed by atoms with Gasteiger partial charge in [-0.05, 0) is 70.6 Å². The standard InChI is InChI=1S/C51H89NO7/c1-6-8-10-12-14-16-18-20-22-24-26-27-29-31-33-35-37-39-41-49(53)58-46-47(45-57-44-43-48(51(55)56)52(3,4)5)59-50(54)42-40-38-36-34-32-30-28-25-23-21-19-17-15-13-11-9-7-2/h15,17-18,20-24,26-27,47-48H,6-14,16,19,25,28-46H2,1-5H3/b17-15+,20-18+,23-21+,24-22+,27-26+. The molecule has 0 radical (unpaired) electrons. The topological polar surface area (TPSA) is 102 Å². The quantitative estimate of drug-likeness (QED) is 0.0198. The minimum Gasteiger partial charge on any atom is -0.544 e. The van der Waals surface area contributed by atoms with Gasteiger partial charge in [-0.15, -0.1) is 0 Å². The Morgan fingerprint density at radius 3 is 1.47 bits per heavy atom. The maximum atomic E-state index is 12.7. The first kappa shape index (κ1) is 56.0. The Balaban J connectivity index is 4.37. The molecule has 0 N–H and O–H groups in total. The van der Waals surface area contributed by atoms with Crippen molar-refractivity contribution in [3.05, 3.63) is 60.8 Å². The lowest BCUT2D eigenvalue weighted by atomic mass is 10.1. The monoisotopic (exact) mass is 828 g/mol. The van der Waals surface area contributed by atoms with Crippen molar-refractivity contribution in [1.29, 1.82) is 0 Å². The van der Waals surface area contributed by atoms with E-state index in [9.17, 15) is 19.5 Å². The number of unbranched alkanes of at least 4 members (excludes halogenated alkanes) is 20. The van der Waals surface area contributed by atoms with Crippen LogP contribution in [0.2, 0.25) is 0 Å². The maximum Gasteiger partial charge on any atom is 0.306 e. The molecule has 0 bridgehead atoms. The van der Waals surface area contributed by atoms with Crippen molar-refractivity contribution in [3.8, 4) is 0 Å². The fraction of sp³-hybridized carbons (Fsp3) is 0.745. The summed E-state index contributed by atoms with van der Waals surface area (Å²) in [6.07, 6.45) is 50.9. The molecule has 340 valence electrons. The van der Waals surface area contributed by atoms with Crippen LogP contribution in [-0.4, -0.2) is 75.5 Å². The molecule has 0 aromatic rings. The van der Waals surface area contributed by atoms with Crippen LogP contribution in [-0.2, 0) is 28.6 Å². The molecule has 2 atom stereocenters. The lowest BCUT2D eigenvalue weighted by molar-refractivity contribution is -0.889. The van der Waals surface area contributed by atoms with E-state index in [1.807, 2.05) is 0 Å². The molecule has 0 saturated carbocycles. The van der Waals surface area contributed by atoms with Crippen LogP contribution in [0.3, 0.4) is 0 Å². The third kappa shape index (κ3) is 40.2. The molecular weight excluding hydrogens is 739 g/mol. The van der Waals surface area contributed by atoms with E-state index in [0.29, 0.717) is 12.8 Å². The summed E-state index contributed by atoms with van der Waals surface area (Å²) >= 11 is 0. The van der Waals surface area contributed by atoms with E-state index in [-0.39, 0.29) is 42.7 Å². The van der Waals surface area contributed by atoms with Crippen LogP contribution in [0, 0.1) is 0 Å². The Hall–Kier alpha value is -2.97. The van der Waals surface area contributed by atoms with E-state index < -0.39 is 18.1 Å². The first-order valence-corrected chi connectivity index (χ1v) is 23.8. The van der Waals surface area contributed by atoms with Gasteiger partial charge in [0.2, 0.25) is 0 Å². The van der Waals surface area contributed by atoms with E-state index in [1.165, 1.54) is 83.5 Å². The van der Waals surface area contributed by atoms with Crippen LogP contribution in [0.5, 0.6) is 0 Å². The third-order valence-corrected chi connectivity index (χ3v) is 10.4. The van der Waals surface area contributed by atoms with E-state index >= 15 is 0 Å². The van der Waals surface area contributed by atoms with Gasteiger partial charge in [0.05, 0.1) is 40.3 Å². The number of carbonyl (C=O) groups excluding carboxylic acids is 3. The molecule has 0 rings (SSSR count). The molecule has 8 nitrogen and oxygen atoms in total. The molecule has 0 saturated heterocycles. The molecule has 0 fully saturated rings. The first-order chi connectivity index (χ1) is 28.6. The second-order valence-corrected chi connectivity index (χ2v) is 17.0.